The smallest absolute Gasteiger partial charge is 0.253 e. The number of rotatable bonds is 6. The standard InChI is InChI=1S/C17H19N5O2/c1-12-15(19-11-20-17(12)24)9-16(23)18-7-4-8-22-10-13-5-2-3-6-14(13)21-22/h2-3,5-6,10-11H,4,7-9H2,1H3,(H,18,23)(H,19,20,24). The Morgan fingerprint density at radius 1 is 1.33 bits per heavy atom. The highest BCUT2D eigenvalue weighted by Crippen LogP contribution is 2.10. The zero-order valence-corrected chi connectivity index (χ0v) is 13.5. The van der Waals surface area contributed by atoms with Crippen LogP contribution in [0.2, 0.25) is 0 Å². The van der Waals surface area contributed by atoms with Gasteiger partial charge in [-0.3, -0.25) is 14.3 Å². The molecule has 2 aromatic heterocycles. The van der Waals surface area contributed by atoms with E-state index < -0.39 is 0 Å². The van der Waals surface area contributed by atoms with Gasteiger partial charge in [-0.05, 0) is 19.4 Å². The summed E-state index contributed by atoms with van der Waals surface area (Å²) in [5, 5.41) is 8.43. The first-order chi connectivity index (χ1) is 11.6. The normalized spacial score (nSPS) is 10.9. The molecule has 7 nitrogen and oxygen atoms in total. The van der Waals surface area contributed by atoms with Gasteiger partial charge < -0.3 is 10.3 Å². The number of hydrogen-bond acceptors (Lipinski definition) is 4. The van der Waals surface area contributed by atoms with Gasteiger partial charge in [-0.2, -0.15) is 5.10 Å². The number of amides is 1. The SMILES string of the molecule is Cc1c(CC(=O)NCCCn2cc3ccccc3n2)nc[nH]c1=O. The molecule has 0 radical (unpaired) electrons. The van der Waals surface area contributed by atoms with Gasteiger partial charge in [0.2, 0.25) is 5.91 Å². The van der Waals surface area contributed by atoms with Crippen LogP contribution in [0.1, 0.15) is 17.7 Å². The van der Waals surface area contributed by atoms with Crippen molar-refractivity contribution < 1.29 is 4.79 Å². The van der Waals surface area contributed by atoms with Crippen LogP contribution in [-0.4, -0.2) is 32.2 Å². The third-order valence-corrected chi connectivity index (χ3v) is 3.86. The Kier molecular flexibility index (Phi) is 4.69. The van der Waals surface area contributed by atoms with Gasteiger partial charge in [0.1, 0.15) is 0 Å². The molecule has 1 amide bonds. The van der Waals surface area contributed by atoms with Crippen LogP contribution in [0.25, 0.3) is 10.9 Å². The molecule has 0 aliphatic rings. The number of benzene rings is 1. The first-order valence-corrected chi connectivity index (χ1v) is 7.85. The molecule has 7 heteroatoms. The number of aromatic amines is 1. The molecule has 24 heavy (non-hydrogen) atoms. The number of hydrogen-bond donors (Lipinski definition) is 2. The largest absolute Gasteiger partial charge is 0.356 e. The number of aryl methyl sites for hydroxylation is 1. The molecule has 0 aliphatic carbocycles. The number of nitrogens with zero attached hydrogens (tertiary/aromatic N) is 3. The van der Waals surface area contributed by atoms with Crippen molar-refractivity contribution in [2.75, 3.05) is 6.54 Å². The molecular formula is C17H19N5O2. The van der Waals surface area contributed by atoms with Gasteiger partial charge in [0.05, 0.1) is 24.0 Å². The average molecular weight is 325 g/mol. The average Bonchev–Trinajstić information content (AvgIpc) is 2.99. The minimum atomic E-state index is -0.210. The maximum Gasteiger partial charge on any atom is 0.253 e. The second kappa shape index (κ2) is 7.08. The molecule has 2 N–H and O–H groups in total. The number of nitrogens with one attached hydrogen (secondary N) is 2. The first-order valence-electron chi connectivity index (χ1n) is 7.85. The van der Waals surface area contributed by atoms with Crippen LogP contribution in [-0.2, 0) is 17.8 Å². The Hall–Kier alpha value is -2.96. The minimum absolute atomic E-state index is 0.113. The lowest BCUT2D eigenvalue weighted by Gasteiger charge is -2.06. The van der Waals surface area contributed by atoms with Gasteiger partial charge in [0, 0.05) is 30.2 Å². The van der Waals surface area contributed by atoms with Crippen molar-refractivity contribution in [2.45, 2.75) is 26.3 Å². The topological polar surface area (TPSA) is 92.7 Å². The predicted octanol–water partition coefficient (Wildman–Crippen LogP) is 1.18. The summed E-state index contributed by atoms with van der Waals surface area (Å²) < 4.78 is 1.89. The molecule has 124 valence electrons. The summed E-state index contributed by atoms with van der Waals surface area (Å²) in [6.07, 6.45) is 4.21. The minimum Gasteiger partial charge on any atom is -0.356 e. The van der Waals surface area contributed by atoms with Crippen LogP contribution in [0, 0.1) is 6.92 Å². The van der Waals surface area contributed by atoms with E-state index in [-0.39, 0.29) is 17.9 Å². The summed E-state index contributed by atoms with van der Waals surface area (Å²) in [4.78, 5) is 30.0. The predicted molar refractivity (Wildman–Crippen MR) is 90.7 cm³/mol. The Labute approximate surface area is 138 Å². The van der Waals surface area contributed by atoms with E-state index in [1.165, 1.54) is 6.33 Å². The molecule has 0 aliphatic heterocycles. The highest BCUT2D eigenvalue weighted by atomic mass is 16.1. The summed E-state index contributed by atoms with van der Waals surface area (Å²) in [6.45, 7) is 2.95. The number of carbonyl (C=O) groups is 1. The van der Waals surface area contributed by atoms with Gasteiger partial charge in [0.15, 0.2) is 0 Å². The van der Waals surface area contributed by atoms with Gasteiger partial charge in [-0.1, -0.05) is 18.2 Å². The highest BCUT2D eigenvalue weighted by molar-refractivity contribution is 5.78. The lowest BCUT2D eigenvalue weighted by atomic mass is 10.2. The van der Waals surface area contributed by atoms with Gasteiger partial charge in [-0.15, -0.1) is 0 Å². The first kappa shape index (κ1) is 15.9. The Balaban J connectivity index is 1.46. The van der Waals surface area contributed by atoms with Crippen LogP contribution >= 0.6 is 0 Å². The third kappa shape index (κ3) is 3.68. The number of carbonyl (C=O) groups excluding carboxylic acids is 1. The molecule has 2 heterocycles. The molecule has 0 atom stereocenters. The van der Waals surface area contributed by atoms with E-state index in [9.17, 15) is 9.59 Å². The second-order valence-corrected chi connectivity index (χ2v) is 5.63. The van der Waals surface area contributed by atoms with Crippen molar-refractivity contribution in [3.05, 3.63) is 58.4 Å². The summed E-state index contributed by atoms with van der Waals surface area (Å²) in [7, 11) is 0. The molecule has 1 aromatic carbocycles. The van der Waals surface area contributed by atoms with Crippen molar-refractivity contribution in [3.63, 3.8) is 0 Å². The maximum absolute atomic E-state index is 11.9. The van der Waals surface area contributed by atoms with Gasteiger partial charge in [-0.25, -0.2) is 4.98 Å². The fourth-order valence-electron chi connectivity index (χ4n) is 2.50. The number of H-pyrrole nitrogens is 1. The van der Waals surface area contributed by atoms with E-state index in [0.29, 0.717) is 17.8 Å². The number of fused-ring (bicyclic) bond motifs is 1. The second-order valence-electron chi connectivity index (χ2n) is 5.63. The Morgan fingerprint density at radius 3 is 3.00 bits per heavy atom. The molecule has 0 spiro atoms. The van der Waals surface area contributed by atoms with E-state index >= 15 is 0 Å². The summed E-state index contributed by atoms with van der Waals surface area (Å²) in [5.74, 6) is -0.137. The molecular weight excluding hydrogens is 306 g/mol. The maximum atomic E-state index is 11.9. The molecule has 0 bridgehead atoms. The molecule has 0 saturated heterocycles. The van der Waals surface area contributed by atoms with Crippen LogP contribution in [0.15, 0.2) is 41.6 Å². The van der Waals surface area contributed by atoms with Crippen LogP contribution in [0.3, 0.4) is 0 Å². The van der Waals surface area contributed by atoms with E-state index in [2.05, 4.69) is 20.4 Å². The van der Waals surface area contributed by atoms with Crippen LogP contribution in [0.4, 0.5) is 0 Å². The van der Waals surface area contributed by atoms with E-state index in [4.69, 9.17) is 0 Å². The van der Waals surface area contributed by atoms with Gasteiger partial charge >= 0.3 is 0 Å². The van der Waals surface area contributed by atoms with Crippen LogP contribution < -0.4 is 10.9 Å². The highest BCUT2D eigenvalue weighted by Gasteiger charge is 2.09. The summed E-state index contributed by atoms with van der Waals surface area (Å²) in [6, 6.07) is 7.95. The quantitative estimate of drug-likeness (QED) is 0.666. The Bertz CT molecular complexity index is 879. The molecule has 0 unspecified atom stereocenters. The van der Waals surface area contributed by atoms with Crippen molar-refractivity contribution in [2.24, 2.45) is 0 Å². The summed E-state index contributed by atoms with van der Waals surface area (Å²) in [5.41, 5.74) is 1.75. The zero-order chi connectivity index (χ0) is 16.9. The zero-order valence-electron chi connectivity index (χ0n) is 13.5. The molecule has 3 rings (SSSR count). The van der Waals surface area contributed by atoms with Gasteiger partial charge in [0.25, 0.3) is 5.56 Å². The monoisotopic (exact) mass is 325 g/mol. The van der Waals surface area contributed by atoms with E-state index in [1.54, 1.807) is 6.92 Å². The molecule has 0 fully saturated rings. The fourth-order valence-corrected chi connectivity index (χ4v) is 2.50. The van der Waals surface area contributed by atoms with E-state index in [1.807, 2.05) is 35.1 Å². The fraction of sp³-hybridized carbons (Fsp3) is 0.294. The molecule has 3 aromatic rings. The lowest BCUT2D eigenvalue weighted by molar-refractivity contribution is -0.120. The van der Waals surface area contributed by atoms with Crippen molar-refractivity contribution >= 4 is 16.8 Å². The van der Waals surface area contributed by atoms with E-state index in [0.717, 1.165) is 23.9 Å². The van der Waals surface area contributed by atoms with Crippen molar-refractivity contribution in [3.8, 4) is 0 Å². The molecule has 0 saturated carbocycles. The lowest BCUT2D eigenvalue weighted by Crippen LogP contribution is -2.28. The Morgan fingerprint density at radius 2 is 2.17 bits per heavy atom. The third-order valence-electron chi connectivity index (χ3n) is 3.86. The summed E-state index contributed by atoms with van der Waals surface area (Å²) >= 11 is 0. The van der Waals surface area contributed by atoms with Crippen molar-refractivity contribution in [1.29, 1.82) is 0 Å². The van der Waals surface area contributed by atoms with Crippen molar-refractivity contribution in [1.82, 2.24) is 25.1 Å². The number of aromatic nitrogens is 4. The van der Waals surface area contributed by atoms with Crippen LogP contribution in [0.5, 0.6) is 0 Å².